The number of hydrogen-bond donors (Lipinski definition) is 0. The SMILES string of the molecule is CC1(C)c2ccccc2-c2ccc(N(c3ccc(-c4cc(-c5ccccc5)cc(-c5ccccc5)c4)cc3)c3ccc4c(c3)oc3ccccc34)cc21. The smallest absolute Gasteiger partial charge is 0.137 e. The van der Waals surface area contributed by atoms with Crippen molar-refractivity contribution in [1.82, 2.24) is 0 Å². The van der Waals surface area contributed by atoms with E-state index in [4.69, 9.17) is 4.42 Å². The van der Waals surface area contributed by atoms with Crippen molar-refractivity contribution < 1.29 is 4.42 Å². The van der Waals surface area contributed by atoms with Gasteiger partial charge in [0.15, 0.2) is 0 Å². The van der Waals surface area contributed by atoms with Crippen LogP contribution in [-0.4, -0.2) is 0 Å². The highest BCUT2D eigenvalue weighted by molar-refractivity contribution is 6.06. The fourth-order valence-corrected chi connectivity index (χ4v) is 8.32. The van der Waals surface area contributed by atoms with Gasteiger partial charge in [-0.25, -0.2) is 0 Å². The van der Waals surface area contributed by atoms with Crippen LogP contribution in [0.4, 0.5) is 17.1 Å². The molecule has 0 aliphatic heterocycles. The fraction of sp³-hybridized carbons (Fsp3) is 0.0588. The zero-order valence-electron chi connectivity index (χ0n) is 29.8. The van der Waals surface area contributed by atoms with Gasteiger partial charge in [0, 0.05) is 39.3 Å². The number of rotatable bonds is 6. The lowest BCUT2D eigenvalue weighted by molar-refractivity contribution is 0.660. The fourth-order valence-electron chi connectivity index (χ4n) is 8.32. The van der Waals surface area contributed by atoms with Gasteiger partial charge in [0.05, 0.1) is 0 Å². The second-order valence-corrected chi connectivity index (χ2v) is 14.6. The molecule has 10 rings (SSSR count). The van der Waals surface area contributed by atoms with E-state index in [-0.39, 0.29) is 5.41 Å². The third kappa shape index (κ3) is 5.26. The topological polar surface area (TPSA) is 16.4 Å². The molecule has 0 amide bonds. The molecule has 0 bridgehead atoms. The highest BCUT2D eigenvalue weighted by Gasteiger charge is 2.35. The number of benzene rings is 8. The van der Waals surface area contributed by atoms with Gasteiger partial charge in [0.2, 0.25) is 0 Å². The van der Waals surface area contributed by atoms with E-state index in [0.717, 1.165) is 39.0 Å². The summed E-state index contributed by atoms with van der Waals surface area (Å²) in [4.78, 5) is 2.37. The number of fused-ring (bicyclic) bond motifs is 6. The van der Waals surface area contributed by atoms with Crippen LogP contribution in [0.1, 0.15) is 25.0 Å². The zero-order chi connectivity index (χ0) is 35.5. The largest absolute Gasteiger partial charge is 0.456 e. The second-order valence-electron chi connectivity index (χ2n) is 14.6. The van der Waals surface area contributed by atoms with Crippen molar-refractivity contribution in [3.8, 4) is 44.5 Å². The molecule has 1 aliphatic rings. The Morgan fingerprint density at radius 3 is 1.57 bits per heavy atom. The van der Waals surface area contributed by atoms with Crippen LogP contribution in [0.5, 0.6) is 0 Å². The first-order valence-electron chi connectivity index (χ1n) is 18.3. The predicted molar refractivity (Wildman–Crippen MR) is 222 cm³/mol. The molecule has 0 spiro atoms. The Morgan fingerprint density at radius 1 is 0.358 bits per heavy atom. The molecular weight excluding hydrogens is 643 g/mol. The normalized spacial score (nSPS) is 12.9. The molecule has 252 valence electrons. The van der Waals surface area contributed by atoms with Crippen LogP contribution in [0.3, 0.4) is 0 Å². The lowest BCUT2D eigenvalue weighted by Crippen LogP contribution is -2.16. The van der Waals surface area contributed by atoms with Crippen LogP contribution in [0.2, 0.25) is 0 Å². The number of anilines is 3. The molecular formula is C51H37NO. The van der Waals surface area contributed by atoms with Crippen LogP contribution >= 0.6 is 0 Å². The summed E-state index contributed by atoms with van der Waals surface area (Å²) < 4.78 is 6.41. The quantitative estimate of drug-likeness (QED) is 0.174. The maximum absolute atomic E-state index is 6.41. The summed E-state index contributed by atoms with van der Waals surface area (Å²) in [6.45, 7) is 4.68. The summed E-state index contributed by atoms with van der Waals surface area (Å²) in [5.74, 6) is 0. The van der Waals surface area contributed by atoms with Gasteiger partial charge >= 0.3 is 0 Å². The van der Waals surface area contributed by atoms with Crippen molar-refractivity contribution in [2.24, 2.45) is 0 Å². The first kappa shape index (κ1) is 31.1. The number of para-hydroxylation sites is 1. The van der Waals surface area contributed by atoms with Crippen molar-refractivity contribution in [2.75, 3.05) is 4.90 Å². The third-order valence-electron chi connectivity index (χ3n) is 11.1. The van der Waals surface area contributed by atoms with Gasteiger partial charge in [-0.3, -0.25) is 0 Å². The summed E-state index contributed by atoms with van der Waals surface area (Å²) in [6, 6.07) is 67.9. The number of hydrogen-bond acceptors (Lipinski definition) is 2. The minimum atomic E-state index is -0.111. The molecule has 2 nitrogen and oxygen atoms in total. The standard InChI is InChI=1S/C51H37NO/c1-51(2)47-19-11-9-17-43(47)44-27-25-41(32-48(44)51)52(42-26-28-46-45-18-10-12-20-49(45)53-50(46)33-42)40-23-21-36(22-24-40)39-30-37(34-13-5-3-6-14-34)29-38(31-39)35-15-7-4-8-16-35/h3-33H,1-2H3. The molecule has 0 N–H and O–H groups in total. The van der Waals surface area contributed by atoms with E-state index in [2.05, 4.69) is 195 Å². The maximum Gasteiger partial charge on any atom is 0.137 e. The molecule has 1 heterocycles. The Bertz CT molecular complexity index is 2730. The van der Waals surface area contributed by atoms with Crippen LogP contribution in [0, 0.1) is 0 Å². The highest BCUT2D eigenvalue weighted by atomic mass is 16.3. The lowest BCUT2D eigenvalue weighted by atomic mass is 9.82. The lowest BCUT2D eigenvalue weighted by Gasteiger charge is -2.28. The average molecular weight is 680 g/mol. The van der Waals surface area contributed by atoms with Gasteiger partial charge in [0.1, 0.15) is 11.2 Å². The summed E-state index contributed by atoms with van der Waals surface area (Å²) >= 11 is 0. The molecule has 1 aliphatic carbocycles. The Labute approximate surface area is 310 Å². The van der Waals surface area contributed by atoms with Crippen molar-refractivity contribution in [2.45, 2.75) is 19.3 Å². The predicted octanol–water partition coefficient (Wildman–Crippen LogP) is 14.4. The molecule has 0 atom stereocenters. The van der Waals surface area contributed by atoms with Crippen molar-refractivity contribution in [3.63, 3.8) is 0 Å². The molecule has 0 fully saturated rings. The Balaban J connectivity index is 1.11. The van der Waals surface area contributed by atoms with Crippen molar-refractivity contribution in [3.05, 3.63) is 199 Å². The molecule has 1 aromatic heterocycles. The summed E-state index contributed by atoms with van der Waals surface area (Å²) in [7, 11) is 0. The van der Waals surface area contributed by atoms with E-state index in [9.17, 15) is 0 Å². The van der Waals surface area contributed by atoms with E-state index in [1.165, 1.54) is 55.6 Å². The van der Waals surface area contributed by atoms with Crippen LogP contribution in [-0.2, 0) is 5.41 Å². The molecule has 0 saturated heterocycles. The van der Waals surface area contributed by atoms with Crippen LogP contribution in [0.15, 0.2) is 192 Å². The summed E-state index contributed by atoms with van der Waals surface area (Å²) in [5.41, 5.74) is 17.4. The van der Waals surface area contributed by atoms with Gasteiger partial charge in [-0.15, -0.1) is 0 Å². The third-order valence-corrected chi connectivity index (χ3v) is 11.1. The van der Waals surface area contributed by atoms with E-state index >= 15 is 0 Å². The maximum atomic E-state index is 6.41. The van der Waals surface area contributed by atoms with Crippen LogP contribution < -0.4 is 4.90 Å². The monoisotopic (exact) mass is 679 g/mol. The highest BCUT2D eigenvalue weighted by Crippen LogP contribution is 2.51. The second kappa shape index (κ2) is 12.3. The number of furan rings is 1. The van der Waals surface area contributed by atoms with E-state index < -0.39 is 0 Å². The van der Waals surface area contributed by atoms with Crippen molar-refractivity contribution in [1.29, 1.82) is 0 Å². The molecule has 53 heavy (non-hydrogen) atoms. The average Bonchev–Trinajstić information content (AvgIpc) is 3.70. The first-order chi connectivity index (χ1) is 26.0. The van der Waals surface area contributed by atoms with Gasteiger partial charge in [-0.1, -0.05) is 135 Å². The van der Waals surface area contributed by atoms with Crippen LogP contribution in [0.25, 0.3) is 66.4 Å². The van der Waals surface area contributed by atoms with Crippen molar-refractivity contribution >= 4 is 39.0 Å². The molecule has 0 unspecified atom stereocenters. The van der Waals surface area contributed by atoms with E-state index in [1.807, 2.05) is 12.1 Å². The summed E-state index contributed by atoms with van der Waals surface area (Å²) in [5, 5.41) is 2.26. The number of nitrogens with zero attached hydrogens (tertiary/aromatic N) is 1. The zero-order valence-corrected chi connectivity index (χ0v) is 29.8. The van der Waals surface area contributed by atoms with Gasteiger partial charge in [-0.05, 0) is 116 Å². The van der Waals surface area contributed by atoms with Gasteiger partial charge in [-0.2, -0.15) is 0 Å². The first-order valence-corrected chi connectivity index (χ1v) is 18.3. The molecule has 0 radical (unpaired) electrons. The molecule has 2 heteroatoms. The molecule has 8 aromatic carbocycles. The molecule has 9 aromatic rings. The van der Waals surface area contributed by atoms with E-state index in [1.54, 1.807) is 0 Å². The Hall–Kier alpha value is -6.64. The van der Waals surface area contributed by atoms with E-state index in [0.29, 0.717) is 0 Å². The Kier molecular flexibility index (Phi) is 7.19. The van der Waals surface area contributed by atoms with Gasteiger partial charge in [0.25, 0.3) is 0 Å². The van der Waals surface area contributed by atoms with Gasteiger partial charge < -0.3 is 9.32 Å². The summed E-state index contributed by atoms with van der Waals surface area (Å²) in [6.07, 6.45) is 0. The molecule has 0 saturated carbocycles. The minimum Gasteiger partial charge on any atom is -0.456 e. The minimum absolute atomic E-state index is 0.111. The Morgan fingerprint density at radius 2 is 0.868 bits per heavy atom.